The Balaban J connectivity index is 0.000000423. The van der Waals surface area contributed by atoms with Crippen molar-refractivity contribution in [1.82, 2.24) is 14.2 Å². The van der Waals surface area contributed by atoms with Crippen LogP contribution in [0.25, 0.3) is 0 Å². The van der Waals surface area contributed by atoms with E-state index in [1.165, 1.54) is 10.6 Å². The number of carboxylic acids is 1. The summed E-state index contributed by atoms with van der Waals surface area (Å²) in [6.45, 7) is 2.20. The van der Waals surface area contributed by atoms with Crippen LogP contribution in [-0.2, 0) is 30.9 Å². The minimum atomic E-state index is -5.08. The van der Waals surface area contributed by atoms with E-state index in [-0.39, 0.29) is 11.8 Å². The van der Waals surface area contributed by atoms with Gasteiger partial charge in [0.25, 0.3) is 0 Å². The Labute approximate surface area is 177 Å². The first-order chi connectivity index (χ1) is 14.2. The monoisotopic (exact) mass is 467 g/mol. The first kappa shape index (κ1) is 25.0. The van der Waals surface area contributed by atoms with Gasteiger partial charge in [0.1, 0.15) is 0 Å². The van der Waals surface area contributed by atoms with Crippen molar-refractivity contribution in [2.75, 3.05) is 39.6 Å². The number of sulfonamides is 1. The Morgan fingerprint density at radius 3 is 2.55 bits per heavy atom. The molecule has 0 bridgehead atoms. The van der Waals surface area contributed by atoms with Crippen molar-refractivity contribution >= 4 is 21.9 Å². The van der Waals surface area contributed by atoms with E-state index in [2.05, 4.69) is 4.98 Å². The maximum Gasteiger partial charge on any atom is 0.490 e. The molecule has 0 aromatic carbocycles. The number of amides is 1. The van der Waals surface area contributed by atoms with Crippen molar-refractivity contribution in [3.8, 4) is 0 Å². The van der Waals surface area contributed by atoms with E-state index in [9.17, 15) is 26.4 Å². The fourth-order valence-corrected chi connectivity index (χ4v) is 4.49. The van der Waals surface area contributed by atoms with Gasteiger partial charge >= 0.3 is 12.1 Å². The van der Waals surface area contributed by atoms with Crippen LogP contribution in [0, 0.1) is 11.3 Å². The van der Waals surface area contributed by atoms with E-state index in [1.54, 1.807) is 18.1 Å². The van der Waals surface area contributed by atoms with E-state index in [0.717, 1.165) is 5.69 Å². The van der Waals surface area contributed by atoms with Gasteiger partial charge in [0.2, 0.25) is 15.9 Å². The van der Waals surface area contributed by atoms with Gasteiger partial charge in [0, 0.05) is 44.1 Å². The van der Waals surface area contributed by atoms with Crippen LogP contribution in [0.1, 0.15) is 12.1 Å². The highest BCUT2D eigenvalue weighted by Crippen LogP contribution is 2.45. The normalized spacial score (nSPS) is 23.6. The third-order valence-corrected chi connectivity index (χ3v) is 6.47. The molecule has 3 rings (SSSR count). The number of nitrogens with zero attached hydrogens (tertiary/aromatic N) is 3. The quantitative estimate of drug-likeness (QED) is 0.686. The number of alkyl halides is 3. The van der Waals surface area contributed by atoms with Crippen molar-refractivity contribution in [3.63, 3.8) is 0 Å². The van der Waals surface area contributed by atoms with Crippen LogP contribution in [0.3, 0.4) is 0 Å². The molecule has 2 aliphatic heterocycles. The number of aliphatic carboxylic acids is 1. The molecular formula is C18H24F3N3O6S. The van der Waals surface area contributed by atoms with Crippen molar-refractivity contribution in [2.45, 2.75) is 19.1 Å². The van der Waals surface area contributed by atoms with E-state index in [4.69, 9.17) is 14.6 Å². The van der Waals surface area contributed by atoms with Gasteiger partial charge in [-0.05, 0) is 12.1 Å². The molecule has 3 heterocycles. The summed E-state index contributed by atoms with van der Waals surface area (Å²) in [5, 5.41) is 7.12. The van der Waals surface area contributed by atoms with E-state index in [1.807, 2.05) is 18.2 Å². The summed E-state index contributed by atoms with van der Waals surface area (Å²) in [6.07, 6.45) is -1.86. The molecule has 1 N–H and O–H groups in total. The smallest absolute Gasteiger partial charge is 0.475 e. The second kappa shape index (κ2) is 9.49. The third-order valence-electron chi connectivity index (χ3n) is 5.26. The zero-order chi connectivity index (χ0) is 23.4. The molecule has 2 fully saturated rings. The van der Waals surface area contributed by atoms with Crippen molar-refractivity contribution in [2.24, 2.45) is 11.3 Å². The molecule has 2 atom stereocenters. The largest absolute Gasteiger partial charge is 0.490 e. The zero-order valence-corrected chi connectivity index (χ0v) is 17.8. The number of halogens is 3. The summed E-state index contributed by atoms with van der Waals surface area (Å²) >= 11 is 0. The highest BCUT2D eigenvalue weighted by molar-refractivity contribution is 7.88. The molecule has 174 valence electrons. The number of hydrogen-bond acceptors (Lipinski definition) is 6. The minimum absolute atomic E-state index is 0.00787. The molecule has 0 unspecified atom stereocenters. The molecule has 9 nitrogen and oxygen atoms in total. The van der Waals surface area contributed by atoms with Crippen LogP contribution >= 0.6 is 0 Å². The van der Waals surface area contributed by atoms with Gasteiger partial charge in [-0.15, -0.1) is 0 Å². The van der Waals surface area contributed by atoms with Crippen molar-refractivity contribution < 1.29 is 41.0 Å². The Morgan fingerprint density at radius 1 is 1.39 bits per heavy atom. The second-order valence-electron chi connectivity index (χ2n) is 7.68. The molecule has 1 aromatic rings. The summed E-state index contributed by atoms with van der Waals surface area (Å²) in [7, 11) is -1.49. The molecule has 31 heavy (non-hydrogen) atoms. The summed E-state index contributed by atoms with van der Waals surface area (Å²) in [6, 6.07) is 5.61. The predicted octanol–water partition coefficient (Wildman–Crippen LogP) is 0.971. The number of aromatic nitrogens is 1. The maximum atomic E-state index is 12.7. The molecule has 2 aliphatic rings. The lowest BCUT2D eigenvalue weighted by atomic mass is 9.78. The lowest BCUT2D eigenvalue weighted by molar-refractivity contribution is -0.192. The number of hydrogen-bond donors (Lipinski definition) is 1. The average molecular weight is 467 g/mol. The molecule has 0 aliphatic carbocycles. The average Bonchev–Trinajstić information content (AvgIpc) is 3.19. The summed E-state index contributed by atoms with van der Waals surface area (Å²) in [5.74, 6) is -2.68. The molecule has 2 saturated heterocycles. The topological polar surface area (TPSA) is 117 Å². The number of fused-ring (bicyclic) bond motifs is 1. The van der Waals surface area contributed by atoms with Crippen LogP contribution in [-0.4, -0.2) is 85.4 Å². The van der Waals surface area contributed by atoms with Crippen molar-refractivity contribution in [3.05, 3.63) is 30.1 Å². The van der Waals surface area contributed by atoms with Gasteiger partial charge in [0.15, 0.2) is 0 Å². The van der Waals surface area contributed by atoms with Gasteiger partial charge in [-0.25, -0.2) is 17.5 Å². The highest BCUT2D eigenvalue weighted by atomic mass is 32.2. The number of rotatable bonds is 5. The van der Waals surface area contributed by atoms with E-state index in [0.29, 0.717) is 39.3 Å². The number of carbonyl (C=O) groups is 2. The first-order valence-corrected chi connectivity index (χ1v) is 11.1. The fourth-order valence-electron chi connectivity index (χ4n) is 3.54. The number of ether oxygens (including phenoxy) is 1. The lowest BCUT2D eigenvalue weighted by Gasteiger charge is -2.28. The zero-order valence-electron chi connectivity index (χ0n) is 17.0. The fraction of sp³-hybridized carbons (Fsp3) is 0.611. The minimum Gasteiger partial charge on any atom is -0.475 e. The summed E-state index contributed by atoms with van der Waals surface area (Å²) in [4.78, 5) is 27.5. The second-order valence-corrected chi connectivity index (χ2v) is 9.66. The molecular weight excluding hydrogens is 443 g/mol. The molecule has 1 aromatic heterocycles. The summed E-state index contributed by atoms with van der Waals surface area (Å²) in [5.41, 5.74) is 0.424. The van der Waals surface area contributed by atoms with Crippen LogP contribution < -0.4 is 0 Å². The predicted molar refractivity (Wildman–Crippen MR) is 102 cm³/mol. The van der Waals surface area contributed by atoms with E-state index < -0.39 is 27.6 Å². The molecule has 0 spiro atoms. The molecule has 0 radical (unpaired) electrons. The van der Waals surface area contributed by atoms with Crippen molar-refractivity contribution in [1.29, 1.82) is 0 Å². The number of pyridine rings is 1. The molecule has 0 saturated carbocycles. The summed E-state index contributed by atoms with van der Waals surface area (Å²) < 4.78 is 62.5. The van der Waals surface area contributed by atoms with E-state index >= 15 is 0 Å². The first-order valence-electron chi connectivity index (χ1n) is 9.21. The number of carbonyl (C=O) groups excluding carboxylic acids is 1. The van der Waals surface area contributed by atoms with Crippen LogP contribution in [0.4, 0.5) is 13.2 Å². The van der Waals surface area contributed by atoms with Crippen LogP contribution in [0.15, 0.2) is 24.4 Å². The van der Waals surface area contributed by atoms with Crippen LogP contribution in [0.2, 0.25) is 0 Å². The van der Waals surface area contributed by atoms with Gasteiger partial charge in [-0.2, -0.15) is 13.2 Å². The maximum absolute atomic E-state index is 12.7. The SMILES string of the molecule is CN(Cc1ccccn1)C(=O)C[C@]12COC[C@H]1CN(S(C)(=O)=O)C2.O=C(O)C(F)(F)F. The Kier molecular flexibility index (Phi) is 7.66. The Bertz CT molecular complexity index is 897. The highest BCUT2D eigenvalue weighted by Gasteiger charge is 2.53. The number of carboxylic acid groups (broad SMARTS) is 1. The Morgan fingerprint density at radius 2 is 2.03 bits per heavy atom. The lowest BCUT2D eigenvalue weighted by Crippen LogP contribution is -2.39. The molecule has 13 heteroatoms. The van der Waals surface area contributed by atoms with Gasteiger partial charge < -0.3 is 14.7 Å². The third kappa shape index (κ3) is 6.61. The molecule has 1 amide bonds. The van der Waals surface area contributed by atoms with Crippen LogP contribution in [0.5, 0.6) is 0 Å². The Hall–Kier alpha value is -2.25. The van der Waals surface area contributed by atoms with Gasteiger partial charge in [0.05, 0.1) is 31.7 Å². The van der Waals surface area contributed by atoms with Gasteiger partial charge in [-0.1, -0.05) is 6.07 Å². The van der Waals surface area contributed by atoms with Gasteiger partial charge in [-0.3, -0.25) is 9.78 Å². The standard InChI is InChI=1S/C16H23N3O4S.C2HF3O2/c1-18(9-14-5-3-4-6-17-14)15(20)7-16-11-19(24(2,21)22)8-13(16)10-23-12-16;3-2(4,5)1(6)7/h3-6,13H,7-12H2,1-2H3;(H,6,7)/t13-,16+;/m1./s1.